The molecule has 142 valence electrons. The highest BCUT2D eigenvalue weighted by molar-refractivity contribution is 5.90. The van der Waals surface area contributed by atoms with Gasteiger partial charge < -0.3 is 14.8 Å². The molecule has 3 aromatic rings. The summed E-state index contributed by atoms with van der Waals surface area (Å²) in [5, 5.41) is 3.50. The predicted molar refractivity (Wildman–Crippen MR) is 104 cm³/mol. The zero-order valence-electron chi connectivity index (χ0n) is 15.8. The maximum Gasteiger partial charge on any atom is 0.211 e. The van der Waals surface area contributed by atoms with Crippen molar-refractivity contribution in [3.63, 3.8) is 0 Å². The number of nitrogens with one attached hydrogen (secondary N) is 1. The maximum absolute atomic E-state index is 10.6. The Morgan fingerprint density at radius 1 is 1.37 bits per heavy atom. The van der Waals surface area contributed by atoms with E-state index in [1.54, 1.807) is 6.33 Å². The second-order valence-corrected chi connectivity index (χ2v) is 6.47. The molecule has 1 aliphatic rings. The molecule has 3 heterocycles. The summed E-state index contributed by atoms with van der Waals surface area (Å²) in [6.45, 7) is 8.57. The van der Waals surface area contributed by atoms with Gasteiger partial charge in [0.05, 0.1) is 31.0 Å². The van der Waals surface area contributed by atoms with Gasteiger partial charge in [0.2, 0.25) is 6.41 Å². The van der Waals surface area contributed by atoms with E-state index in [2.05, 4.69) is 22.2 Å². The number of carbonyl (C=O) groups is 1. The number of pyridine rings is 1. The molecule has 1 amide bonds. The lowest BCUT2D eigenvalue weighted by Crippen LogP contribution is -2.23. The standard InChI is InChI=1S/C16H16N4O2.C4H8O/c1-3-22-15-7-16(20-8-11(2)17-9-20)19-14-5-4-12(18-10-21)6-13(14)15;1-4-2-5-3-4/h4-10H,3H2,1-2H3,(H,18,21);4H,2-3H2,1H3. The fourth-order valence-electron chi connectivity index (χ4n) is 2.65. The van der Waals surface area contributed by atoms with Crippen LogP contribution < -0.4 is 10.1 Å². The first-order chi connectivity index (χ1) is 13.1. The van der Waals surface area contributed by atoms with E-state index in [0.29, 0.717) is 18.7 Å². The molecule has 1 N–H and O–H groups in total. The zero-order valence-corrected chi connectivity index (χ0v) is 15.8. The van der Waals surface area contributed by atoms with Crippen LogP contribution in [-0.4, -0.2) is 40.8 Å². The molecule has 2 aromatic heterocycles. The van der Waals surface area contributed by atoms with Gasteiger partial charge in [0, 0.05) is 29.3 Å². The molecule has 0 bridgehead atoms. The lowest BCUT2D eigenvalue weighted by molar-refractivity contribution is -0.105. The van der Waals surface area contributed by atoms with Gasteiger partial charge in [0.15, 0.2) is 0 Å². The molecule has 7 nitrogen and oxygen atoms in total. The number of aryl methyl sites for hydroxylation is 1. The predicted octanol–water partition coefficient (Wildman–Crippen LogP) is 3.35. The van der Waals surface area contributed by atoms with Crippen LogP contribution in [0, 0.1) is 12.8 Å². The monoisotopic (exact) mass is 368 g/mol. The molecule has 1 aliphatic heterocycles. The fraction of sp³-hybridized carbons (Fsp3) is 0.350. The third-order valence-corrected chi connectivity index (χ3v) is 4.06. The van der Waals surface area contributed by atoms with Crippen LogP contribution >= 0.6 is 0 Å². The average molecular weight is 368 g/mol. The highest BCUT2D eigenvalue weighted by Gasteiger charge is 2.10. The highest BCUT2D eigenvalue weighted by Crippen LogP contribution is 2.29. The lowest BCUT2D eigenvalue weighted by atomic mass is 10.1. The lowest BCUT2D eigenvalue weighted by Gasteiger charge is -2.20. The number of fused-ring (bicyclic) bond motifs is 1. The molecule has 1 saturated heterocycles. The summed E-state index contributed by atoms with van der Waals surface area (Å²) in [7, 11) is 0. The van der Waals surface area contributed by atoms with E-state index in [1.807, 2.05) is 48.9 Å². The number of benzene rings is 1. The normalized spacial score (nSPS) is 13.4. The molecule has 0 spiro atoms. The Labute approximate surface area is 158 Å². The van der Waals surface area contributed by atoms with Gasteiger partial charge in [-0.1, -0.05) is 6.92 Å². The Morgan fingerprint density at radius 2 is 2.15 bits per heavy atom. The summed E-state index contributed by atoms with van der Waals surface area (Å²) >= 11 is 0. The van der Waals surface area contributed by atoms with Crippen molar-refractivity contribution in [3.05, 3.63) is 42.5 Å². The number of hydrogen-bond donors (Lipinski definition) is 1. The Kier molecular flexibility index (Phi) is 6.03. The summed E-state index contributed by atoms with van der Waals surface area (Å²) in [6.07, 6.45) is 4.28. The first-order valence-corrected chi connectivity index (χ1v) is 8.97. The van der Waals surface area contributed by atoms with Gasteiger partial charge in [-0.05, 0) is 32.0 Å². The van der Waals surface area contributed by atoms with Crippen molar-refractivity contribution in [3.8, 4) is 11.6 Å². The molecule has 0 radical (unpaired) electrons. The molecular weight excluding hydrogens is 344 g/mol. The average Bonchev–Trinajstić information content (AvgIpc) is 3.08. The SMILES string of the molecule is CC1COC1.CCOc1cc(-n2cnc(C)c2)nc2ccc(NC=O)cc12. The Bertz CT molecular complexity index is 919. The molecule has 0 atom stereocenters. The second kappa shape index (κ2) is 8.64. The quantitative estimate of drug-likeness (QED) is 0.699. The third kappa shape index (κ3) is 4.62. The first-order valence-electron chi connectivity index (χ1n) is 8.97. The summed E-state index contributed by atoms with van der Waals surface area (Å²) in [5.41, 5.74) is 2.42. The summed E-state index contributed by atoms with van der Waals surface area (Å²) in [5.74, 6) is 2.31. The van der Waals surface area contributed by atoms with Gasteiger partial charge in [0.25, 0.3) is 0 Å². The van der Waals surface area contributed by atoms with Crippen molar-refractivity contribution in [2.75, 3.05) is 25.1 Å². The van der Waals surface area contributed by atoms with E-state index in [4.69, 9.17) is 9.47 Å². The highest BCUT2D eigenvalue weighted by atomic mass is 16.5. The fourth-order valence-corrected chi connectivity index (χ4v) is 2.65. The third-order valence-electron chi connectivity index (χ3n) is 4.06. The summed E-state index contributed by atoms with van der Waals surface area (Å²) < 4.78 is 12.4. The van der Waals surface area contributed by atoms with E-state index in [-0.39, 0.29) is 0 Å². The van der Waals surface area contributed by atoms with Crippen LogP contribution in [0.2, 0.25) is 0 Å². The molecule has 1 fully saturated rings. The number of imidazole rings is 1. The van der Waals surface area contributed by atoms with Gasteiger partial charge >= 0.3 is 0 Å². The van der Waals surface area contributed by atoms with Crippen molar-refractivity contribution >= 4 is 23.0 Å². The van der Waals surface area contributed by atoms with Crippen molar-refractivity contribution in [2.24, 2.45) is 5.92 Å². The molecular formula is C20H24N4O3. The van der Waals surface area contributed by atoms with Crippen LogP contribution in [-0.2, 0) is 9.53 Å². The Hall–Kier alpha value is -2.93. The summed E-state index contributed by atoms with van der Waals surface area (Å²) in [4.78, 5) is 19.4. The second-order valence-electron chi connectivity index (χ2n) is 6.47. The minimum absolute atomic E-state index is 0.548. The Balaban J connectivity index is 0.000000364. The van der Waals surface area contributed by atoms with Gasteiger partial charge in [-0.15, -0.1) is 0 Å². The number of amides is 1. The minimum atomic E-state index is 0.548. The minimum Gasteiger partial charge on any atom is -0.493 e. The Morgan fingerprint density at radius 3 is 2.70 bits per heavy atom. The van der Waals surface area contributed by atoms with Crippen molar-refractivity contribution in [1.29, 1.82) is 0 Å². The smallest absolute Gasteiger partial charge is 0.211 e. The number of aromatic nitrogens is 3. The largest absolute Gasteiger partial charge is 0.493 e. The van der Waals surface area contributed by atoms with Crippen molar-refractivity contribution in [1.82, 2.24) is 14.5 Å². The van der Waals surface area contributed by atoms with E-state index >= 15 is 0 Å². The number of ether oxygens (including phenoxy) is 2. The van der Waals surface area contributed by atoms with E-state index in [0.717, 1.165) is 47.3 Å². The van der Waals surface area contributed by atoms with Crippen LogP contribution in [0.5, 0.6) is 5.75 Å². The molecule has 27 heavy (non-hydrogen) atoms. The number of nitrogens with zero attached hydrogens (tertiary/aromatic N) is 3. The molecule has 0 saturated carbocycles. The van der Waals surface area contributed by atoms with Crippen molar-refractivity contribution < 1.29 is 14.3 Å². The van der Waals surface area contributed by atoms with Gasteiger partial charge in [-0.2, -0.15) is 0 Å². The molecule has 4 rings (SSSR count). The van der Waals surface area contributed by atoms with Crippen LogP contribution in [0.3, 0.4) is 0 Å². The van der Waals surface area contributed by atoms with Gasteiger partial charge in [-0.3, -0.25) is 9.36 Å². The molecule has 1 aromatic carbocycles. The van der Waals surface area contributed by atoms with E-state index in [1.165, 1.54) is 0 Å². The zero-order chi connectivity index (χ0) is 19.2. The van der Waals surface area contributed by atoms with Gasteiger partial charge in [0.1, 0.15) is 17.9 Å². The number of rotatable bonds is 5. The summed E-state index contributed by atoms with van der Waals surface area (Å²) in [6, 6.07) is 7.39. The maximum atomic E-state index is 10.6. The molecule has 0 aliphatic carbocycles. The van der Waals surface area contributed by atoms with Crippen molar-refractivity contribution in [2.45, 2.75) is 20.8 Å². The number of carbonyl (C=O) groups excluding carboxylic acids is 1. The van der Waals surface area contributed by atoms with Crippen LogP contribution in [0.1, 0.15) is 19.5 Å². The van der Waals surface area contributed by atoms with Crippen LogP contribution in [0.15, 0.2) is 36.8 Å². The van der Waals surface area contributed by atoms with Gasteiger partial charge in [-0.25, -0.2) is 9.97 Å². The molecule has 0 unspecified atom stereocenters. The molecule has 7 heteroatoms. The number of anilines is 1. The van der Waals surface area contributed by atoms with Crippen LogP contribution in [0.25, 0.3) is 16.7 Å². The first kappa shape index (κ1) is 18.8. The van der Waals surface area contributed by atoms with E-state index < -0.39 is 0 Å². The topological polar surface area (TPSA) is 78.3 Å². The number of hydrogen-bond acceptors (Lipinski definition) is 5. The van der Waals surface area contributed by atoms with E-state index in [9.17, 15) is 4.79 Å². The van der Waals surface area contributed by atoms with Crippen LogP contribution in [0.4, 0.5) is 5.69 Å².